The summed E-state index contributed by atoms with van der Waals surface area (Å²) in [5, 5.41) is 3.23. The molecule has 0 radical (unpaired) electrons. The topological polar surface area (TPSA) is 110 Å². The lowest BCUT2D eigenvalue weighted by Gasteiger charge is -2.22. The Morgan fingerprint density at radius 1 is 1.21 bits per heavy atom. The Morgan fingerprint density at radius 2 is 1.93 bits per heavy atom. The minimum absolute atomic E-state index is 0.0470. The van der Waals surface area contributed by atoms with Crippen LogP contribution in [0.1, 0.15) is 45.4 Å². The average molecular weight is 401 g/mol. The molecule has 1 aliphatic rings. The van der Waals surface area contributed by atoms with E-state index in [-0.39, 0.29) is 18.9 Å². The normalized spacial score (nSPS) is 15.8. The number of nitrogens with zero attached hydrogens (tertiary/aromatic N) is 1. The summed E-state index contributed by atoms with van der Waals surface area (Å²) < 4.78 is 6.54. The van der Waals surface area contributed by atoms with Crippen molar-refractivity contribution in [3.05, 3.63) is 45.1 Å². The molecule has 1 heterocycles. The fraction of sp³-hybridized carbons (Fsp3) is 0.524. The van der Waals surface area contributed by atoms with Crippen molar-refractivity contribution >= 4 is 22.8 Å². The number of nitrogens with one attached hydrogen (secondary N) is 2. The van der Waals surface area contributed by atoms with E-state index in [0.29, 0.717) is 23.4 Å². The Bertz CT molecular complexity index is 988. The zero-order valence-electron chi connectivity index (χ0n) is 16.6. The molecule has 2 N–H and O–H groups in total. The zero-order valence-corrected chi connectivity index (χ0v) is 16.6. The first-order valence-corrected chi connectivity index (χ1v) is 10.1. The SMILES string of the molecule is C[C@H](OC(=O)CCn1c(=O)[nH]c(=O)c2ccccc21)C(=O)NCC1CCCCC1. The van der Waals surface area contributed by atoms with Gasteiger partial charge in [-0.05, 0) is 37.8 Å². The molecule has 0 unspecified atom stereocenters. The third-order valence-electron chi connectivity index (χ3n) is 5.41. The number of carbonyl (C=O) groups excluding carboxylic acids is 2. The van der Waals surface area contributed by atoms with Crippen LogP contribution in [-0.4, -0.2) is 34.1 Å². The highest BCUT2D eigenvalue weighted by Crippen LogP contribution is 2.22. The first-order chi connectivity index (χ1) is 14.0. The van der Waals surface area contributed by atoms with Crippen LogP contribution < -0.4 is 16.6 Å². The molecule has 0 spiro atoms. The van der Waals surface area contributed by atoms with Gasteiger partial charge in [-0.2, -0.15) is 0 Å². The van der Waals surface area contributed by atoms with Crippen molar-refractivity contribution in [3.8, 4) is 0 Å². The quantitative estimate of drug-likeness (QED) is 0.686. The van der Waals surface area contributed by atoms with Crippen molar-refractivity contribution in [1.29, 1.82) is 0 Å². The lowest BCUT2D eigenvalue weighted by Crippen LogP contribution is -2.39. The lowest BCUT2D eigenvalue weighted by atomic mass is 9.89. The number of aromatic amines is 1. The van der Waals surface area contributed by atoms with Gasteiger partial charge in [-0.25, -0.2) is 4.79 Å². The van der Waals surface area contributed by atoms with E-state index < -0.39 is 23.3 Å². The van der Waals surface area contributed by atoms with Gasteiger partial charge in [-0.15, -0.1) is 0 Å². The number of ether oxygens (including phenoxy) is 1. The van der Waals surface area contributed by atoms with Gasteiger partial charge in [0.15, 0.2) is 6.10 Å². The van der Waals surface area contributed by atoms with Gasteiger partial charge in [0.05, 0.1) is 17.3 Å². The number of amides is 1. The van der Waals surface area contributed by atoms with Crippen LogP contribution in [0.4, 0.5) is 0 Å². The predicted molar refractivity (Wildman–Crippen MR) is 109 cm³/mol. The van der Waals surface area contributed by atoms with E-state index in [1.807, 2.05) is 0 Å². The van der Waals surface area contributed by atoms with Gasteiger partial charge < -0.3 is 10.1 Å². The summed E-state index contributed by atoms with van der Waals surface area (Å²) in [4.78, 5) is 50.6. The molecule has 3 rings (SSSR count). The number of hydrogen-bond donors (Lipinski definition) is 2. The largest absolute Gasteiger partial charge is 0.452 e. The highest BCUT2D eigenvalue weighted by molar-refractivity contribution is 5.83. The second-order valence-electron chi connectivity index (χ2n) is 7.56. The van der Waals surface area contributed by atoms with Crippen LogP contribution in [0.3, 0.4) is 0 Å². The van der Waals surface area contributed by atoms with Gasteiger partial charge in [-0.1, -0.05) is 31.4 Å². The third kappa shape index (κ3) is 5.34. The number of aryl methyl sites for hydroxylation is 1. The summed E-state index contributed by atoms with van der Waals surface area (Å²) in [6.45, 7) is 2.19. The minimum atomic E-state index is -0.893. The molecule has 2 aromatic rings. The number of esters is 1. The molecule has 156 valence electrons. The molecule has 8 heteroatoms. The van der Waals surface area contributed by atoms with Crippen molar-refractivity contribution in [2.24, 2.45) is 5.92 Å². The molecule has 1 aromatic carbocycles. The summed E-state index contributed by atoms with van der Waals surface area (Å²) >= 11 is 0. The molecule has 1 aromatic heterocycles. The number of benzene rings is 1. The number of fused-ring (bicyclic) bond motifs is 1. The molecule has 1 amide bonds. The Hall–Kier alpha value is -2.90. The van der Waals surface area contributed by atoms with Crippen molar-refractivity contribution in [1.82, 2.24) is 14.9 Å². The van der Waals surface area contributed by atoms with Gasteiger partial charge in [-0.3, -0.25) is 23.9 Å². The van der Waals surface area contributed by atoms with Crippen molar-refractivity contribution in [2.45, 2.75) is 58.1 Å². The molecule has 1 saturated carbocycles. The maximum atomic E-state index is 12.2. The van der Waals surface area contributed by atoms with E-state index in [2.05, 4.69) is 10.3 Å². The molecule has 1 aliphatic carbocycles. The monoisotopic (exact) mass is 401 g/mol. The van der Waals surface area contributed by atoms with Gasteiger partial charge in [0.2, 0.25) is 0 Å². The standard InChI is InChI=1S/C21H27N3O5/c1-14(19(26)22-13-15-7-3-2-4-8-15)29-18(25)11-12-24-17-10-6-5-9-16(17)20(27)23-21(24)28/h5-6,9-10,14-15H,2-4,7-8,11-13H2,1H3,(H,22,26)(H,23,27,28)/t14-/m0/s1. The smallest absolute Gasteiger partial charge is 0.328 e. The van der Waals surface area contributed by atoms with Crippen molar-refractivity contribution in [3.63, 3.8) is 0 Å². The van der Waals surface area contributed by atoms with E-state index >= 15 is 0 Å². The molecule has 0 saturated heterocycles. The lowest BCUT2D eigenvalue weighted by molar-refractivity contribution is -0.155. The Balaban J connectivity index is 1.53. The molecule has 0 bridgehead atoms. The summed E-state index contributed by atoms with van der Waals surface area (Å²) in [5.41, 5.74) is -0.597. The zero-order chi connectivity index (χ0) is 20.8. The van der Waals surface area contributed by atoms with E-state index in [0.717, 1.165) is 12.8 Å². The Labute approximate surface area is 168 Å². The molecular formula is C21H27N3O5. The van der Waals surface area contributed by atoms with Crippen LogP contribution in [0.2, 0.25) is 0 Å². The van der Waals surface area contributed by atoms with Crippen molar-refractivity contribution < 1.29 is 14.3 Å². The van der Waals surface area contributed by atoms with Crippen LogP contribution in [0.5, 0.6) is 0 Å². The van der Waals surface area contributed by atoms with E-state index in [1.165, 1.54) is 30.8 Å². The van der Waals surface area contributed by atoms with Crippen LogP contribution >= 0.6 is 0 Å². The highest BCUT2D eigenvalue weighted by Gasteiger charge is 2.20. The van der Waals surface area contributed by atoms with Gasteiger partial charge in [0.1, 0.15) is 0 Å². The molecule has 8 nitrogen and oxygen atoms in total. The second kappa shape index (κ2) is 9.54. The number of H-pyrrole nitrogens is 1. The molecule has 29 heavy (non-hydrogen) atoms. The van der Waals surface area contributed by atoms with E-state index in [9.17, 15) is 19.2 Å². The van der Waals surface area contributed by atoms with Crippen LogP contribution in [0, 0.1) is 5.92 Å². The number of aromatic nitrogens is 2. The maximum absolute atomic E-state index is 12.2. The number of rotatable bonds is 7. The molecular weight excluding hydrogens is 374 g/mol. The fourth-order valence-corrected chi connectivity index (χ4v) is 3.76. The fourth-order valence-electron chi connectivity index (χ4n) is 3.76. The van der Waals surface area contributed by atoms with Crippen molar-refractivity contribution in [2.75, 3.05) is 6.54 Å². The van der Waals surface area contributed by atoms with Gasteiger partial charge in [0, 0.05) is 13.1 Å². The second-order valence-corrected chi connectivity index (χ2v) is 7.56. The Morgan fingerprint density at radius 3 is 2.69 bits per heavy atom. The van der Waals surface area contributed by atoms with Crippen LogP contribution in [0.15, 0.2) is 33.9 Å². The summed E-state index contributed by atoms with van der Waals surface area (Å²) in [5.74, 6) is -0.390. The van der Waals surface area contributed by atoms with E-state index in [4.69, 9.17) is 4.74 Å². The van der Waals surface area contributed by atoms with Crippen LogP contribution in [0.25, 0.3) is 10.9 Å². The van der Waals surface area contributed by atoms with Crippen LogP contribution in [-0.2, 0) is 20.9 Å². The molecule has 1 fully saturated rings. The predicted octanol–water partition coefficient (Wildman–Crippen LogP) is 1.71. The first kappa shape index (κ1) is 20.8. The summed E-state index contributed by atoms with van der Waals surface area (Å²) in [6.07, 6.45) is 4.91. The molecule has 0 aliphatic heterocycles. The average Bonchev–Trinajstić information content (AvgIpc) is 2.72. The number of para-hydroxylation sites is 1. The Kier molecular flexibility index (Phi) is 6.85. The summed E-state index contributed by atoms with van der Waals surface area (Å²) in [7, 11) is 0. The highest BCUT2D eigenvalue weighted by atomic mass is 16.5. The summed E-state index contributed by atoms with van der Waals surface area (Å²) in [6, 6.07) is 6.68. The van der Waals surface area contributed by atoms with Gasteiger partial charge in [0.25, 0.3) is 11.5 Å². The maximum Gasteiger partial charge on any atom is 0.328 e. The number of carbonyl (C=O) groups is 2. The third-order valence-corrected chi connectivity index (χ3v) is 5.41. The van der Waals surface area contributed by atoms with E-state index in [1.54, 1.807) is 24.3 Å². The number of hydrogen-bond acceptors (Lipinski definition) is 5. The van der Waals surface area contributed by atoms with Gasteiger partial charge >= 0.3 is 11.7 Å². The first-order valence-electron chi connectivity index (χ1n) is 10.1. The molecule has 1 atom stereocenters. The minimum Gasteiger partial charge on any atom is -0.452 e.